The van der Waals surface area contributed by atoms with E-state index in [9.17, 15) is 13.6 Å². The van der Waals surface area contributed by atoms with Crippen LogP contribution >= 0.6 is 0 Å². The van der Waals surface area contributed by atoms with E-state index in [0.717, 1.165) is 28.5 Å². The van der Waals surface area contributed by atoms with Crippen LogP contribution in [-0.2, 0) is 4.79 Å². The van der Waals surface area contributed by atoms with Gasteiger partial charge in [0, 0.05) is 18.0 Å². The maximum Gasteiger partial charge on any atom is 0.130 e. The van der Waals surface area contributed by atoms with Crippen LogP contribution in [0, 0.1) is 32.4 Å². The highest BCUT2D eigenvalue weighted by molar-refractivity contribution is 5.72. The Morgan fingerprint density at radius 3 is 2.17 bits per heavy atom. The lowest BCUT2D eigenvalue weighted by Crippen LogP contribution is -2.18. The molecule has 1 unspecified atom stereocenters. The average molecular weight is 317 g/mol. The summed E-state index contributed by atoms with van der Waals surface area (Å²) in [6, 6.07) is 6.08. The minimum absolute atomic E-state index is 0.192. The highest BCUT2D eigenvalue weighted by atomic mass is 19.1. The van der Waals surface area contributed by atoms with E-state index < -0.39 is 0 Å². The van der Waals surface area contributed by atoms with Gasteiger partial charge < -0.3 is 10.1 Å². The van der Waals surface area contributed by atoms with E-state index in [-0.39, 0.29) is 24.1 Å². The van der Waals surface area contributed by atoms with Crippen molar-refractivity contribution in [3.8, 4) is 11.1 Å². The summed E-state index contributed by atoms with van der Waals surface area (Å²) >= 11 is 0. The van der Waals surface area contributed by atoms with Crippen molar-refractivity contribution < 1.29 is 13.6 Å². The van der Waals surface area contributed by atoms with Crippen molar-refractivity contribution in [3.05, 3.63) is 58.2 Å². The van der Waals surface area contributed by atoms with Crippen molar-refractivity contribution in [2.75, 3.05) is 7.05 Å². The number of hydrogen-bond donors (Lipinski definition) is 1. The minimum atomic E-state index is -0.382. The maximum absolute atomic E-state index is 14.5. The predicted molar refractivity (Wildman–Crippen MR) is 88.5 cm³/mol. The Morgan fingerprint density at radius 1 is 1.04 bits per heavy atom. The highest BCUT2D eigenvalue weighted by Crippen LogP contribution is 2.33. The molecule has 0 spiro atoms. The first-order valence-electron chi connectivity index (χ1n) is 7.57. The first-order chi connectivity index (χ1) is 10.9. The molecule has 2 rings (SSSR count). The number of nitrogens with one attached hydrogen (secondary N) is 1. The van der Waals surface area contributed by atoms with E-state index in [4.69, 9.17) is 0 Å². The van der Waals surface area contributed by atoms with Crippen molar-refractivity contribution in [1.29, 1.82) is 0 Å². The summed E-state index contributed by atoms with van der Waals surface area (Å²) in [6.07, 6.45) is 0.967. The SMILES string of the molecule is CNC(CC=O)c1cc(-c2c(C)cc(F)cc2C)cc(C)c1F. The van der Waals surface area contributed by atoms with E-state index in [2.05, 4.69) is 5.32 Å². The van der Waals surface area contributed by atoms with Crippen molar-refractivity contribution in [2.24, 2.45) is 0 Å². The summed E-state index contributed by atoms with van der Waals surface area (Å²) in [7, 11) is 1.70. The molecule has 122 valence electrons. The lowest BCUT2D eigenvalue weighted by Gasteiger charge is -2.19. The second kappa shape index (κ2) is 7.01. The van der Waals surface area contributed by atoms with Crippen LogP contribution in [0.15, 0.2) is 24.3 Å². The molecule has 0 saturated heterocycles. The van der Waals surface area contributed by atoms with Gasteiger partial charge in [0.25, 0.3) is 0 Å². The van der Waals surface area contributed by atoms with Crippen LogP contribution in [0.5, 0.6) is 0 Å². The third kappa shape index (κ3) is 3.48. The van der Waals surface area contributed by atoms with Crippen molar-refractivity contribution >= 4 is 6.29 Å². The summed E-state index contributed by atoms with van der Waals surface area (Å²) in [5.74, 6) is -0.593. The van der Waals surface area contributed by atoms with Gasteiger partial charge in [0.15, 0.2) is 0 Å². The molecule has 4 heteroatoms. The lowest BCUT2D eigenvalue weighted by molar-refractivity contribution is -0.108. The van der Waals surface area contributed by atoms with E-state index in [1.807, 2.05) is 13.8 Å². The molecule has 0 saturated carbocycles. The van der Waals surface area contributed by atoms with Gasteiger partial charge in [-0.1, -0.05) is 0 Å². The van der Waals surface area contributed by atoms with E-state index in [1.165, 1.54) is 12.1 Å². The Bertz CT molecular complexity index is 717. The molecule has 0 aromatic heterocycles. The highest BCUT2D eigenvalue weighted by Gasteiger charge is 2.18. The Kier molecular flexibility index (Phi) is 5.26. The normalized spacial score (nSPS) is 12.3. The Labute approximate surface area is 135 Å². The predicted octanol–water partition coefficient (Wildman–Crippen LogP) is 4.41. The van der Waals surface area contributed by atoms with Gasteiger partial charge >= 0.3 is 0 Å². The first-order valence-corrected chi connectivity index (χ1v) is 7.57. The van der Waals surface area contributed by atoms with Crippen LogP contribution in [0.3, 0.4) is 0 Å². The third-order valence-electron chi connectivity index (χ3n) is 4.12. The van der Waals surface area contributed by atoms with Gasteiger partial charge in [-0.05, 0) is 79.9 Å². The summed E-state index contributed by atoms with van der Waals surface area (Å²) in [5.41, 5.74) is 4.30. The number of aryl methyl sites for hydroxylation is 3. The van der Waals surface area contributed by atoms with Crippen molar-refractivity contribution in [3.63, 3.8) is 0 Å². The number of carbonyl (C=O) groups excluding carboxylic acids is 1. The standard InChI is InChI=1S/C19H21F2NO/c1-11-8-15(20)9-12(2)18(11)14-7-13(3)19(21)16(10-14)17(22-4)5-6-23/h6-10,17,22H,5H2,1-4H3. The number of halogens is 2. The molecular weight excluding hydrogens is 296 g/mol. The lowest BCUT2D eigenvalue weighted by atomic mass is 9.90. The minimum Gasteiger partial charge on any atom is -0.313 e. The molecule has 1 atom stereocenters. The number of aldehydes is 1. The largest absolute Gasteiger partial charge is 0.313 e. The molecule has 1 N–H and O–H groups in total. The van der Waals surface area contributed by atoms with Crippen LogP contribution in [0.1, 0.15) is 34.7 Å². The van der Waals surface area contributed by atoms with Crippen LogP contribution < -0.4 is 5.32 Å². The second-order valence-corrected chi connectivity index (χ2v) is 5.85. The van der Waals surface area contributed by atoms with Crippen LogP contribution in [0.4, 0.5) is 8.78 Å². The molecule has 0 heterocycles. The number of hydrogen-bond acceptors (Lipinski definition) is 2. The van der Waals surface area contributed by atoms with Gasteiger partial charge in [0.1, 0.15) is 17.9 Å². The molecule has 0 fully saturated rings. The molecule has 0 bridgehead atoms. The summed E-state index contributed by atoms with van der Waals surface area (Å²) in [4.78, 5) is 10.8. The van der Waals surface area contributed by atoms with Gasteiger partial charge in [-0.3, -0.25) is 0 Å². The fourth-order valence-corrected chi connectivity index (χ4v) is 3.06. The quantitative estimate of drug-likeness (QED) is 0.828. The summed E-state index contributed by atoms with van der Waals surface area (Å²) < 4.78 is 28.0. The first kappa shape index (κ1) is 17.3. The molecule has 2 aromatic rings. The molecule has 23 heavy (non-hydrogen) atoms. The maximum atomic E-state index is 14.5. The Balaban J connectivity index is 2.66. The smallest absolute Gasteiger partial charge is 0.130 e. The molecule has 0 aliphatic heterocycles. The summed E-state index contributed by atoms with van der Waals surface area (Å²) in [6.45, 7) is 5.37. The molecule has 0 radical (unpaired) electrons. The Hall–Kier alpha value is -2.07. The molecule has 2 nitrogen and oxygen atoms in total. The van der Waals surface area contributed by atoms with E-state index >= 15 is 0 Å². The van der Waals surface area contributed by atoms with Crippen molar-refractivity contribution in [1.82, 2.24) is 5.32 Å². The van der Waals surface area contributed by atoms with Crippen LogP contribution in [-0.4, -0.2) is 13.3 Å². The van der Waals surface area contributed by atoms with Gasteiger partial charge in [0.05, 0.1) is 0 Å². The summed E-state index contributed by atoms with van der Waals surface area (Å²) in [5, 5.41) is 2.97. The zero-order valence-corrected chi connectivity index (χ0v) is 13.8. The zero-order valence-electron chi connectivity index (χ0n) is 13.8. The van der Waals surface area contributed by atoms with Crippen LogP contribution in [0.2, 0.25) is 0 Å². The zero-order chi connectivity index (χ0) is 17.1. The fourth-order valence-electron chi connectivity index (χ4n) is 3.06. The molecule has 2 aromatic carbocycles. The van der Waals surface area contributed by atoms with E-state index in [0.29, 0.717) is 11.1 Å². The number of rotatable bonds is 5. The number of benzene rings is 2. The van der Waals surface area contributed by atoms with Gasteiger partial charge in [-0.15, -0.1) is 0 Å². The molecular formula is C19H21F2NO. The van der Waals surface area contributed by atoms with Gasteiger partial charge in [-0.2, -0.15) is 0 Å². The Morgan fingerprint density at radius 2 is 1.65 bits per heavy atom. The van der Waals surface area contributed by atoms with Crippen molar-refractivity contribution in [2.45, 2.75) is 33.2 Å². The van der Waals surface area contributed by atoms with Gasteiger partial charge in [-0.25, -0.2) is 8.78 Å². The van der Waals surface area contributed by atoms with Gasteiger partial charge in [0.2, 0.25) is 0 Å². The average Bonchev–Trinajstić information content (AvgIpc) is 2.47. The fraction of sp³-hybridized carbons (Fsp3) is 0.316. The molecule has 0 amide bonds. The number of carbonyl (C=O) groups is 1. The van der Waals surface area contributed by atoms with E-state index in [1.54, 1.807) is 26.1 Å². The monoisotopic (exact) mass is 317 g/mol. The topological polar surface area (TPSA) is 29.1 Å². The molecule has 0 aliphatic carbocycles. The third-order valence-corrected chi connectivity index (χ3v) is 4.12. The second-order valence-electron chi connectivity index (χ2n) is 5.85. The van der Waals surface area contributed by atoms with Crippen LogP contribution in [0.25, 0.3) is 11.1 Å². The molecule has 0 aliphatic rings.